The molecule has 1 unspecified atom stereocenters. The monoisotopic (exact) mass is 301 g/mol. The minimum Gasteiger partial charge on any atom is -0.494 e. The number of ether oxygens (including phenoxy) is 1. The van der Waals surface area contributed by atoms with Crippen molar-refractivity contribution in [2.24, 2.45) is 0 Å². The fraction of sp³-hybridized carbons (Fsp3) is 0.467. The first kappa shape index (κ1) is 14.5. The van der Waals surface area contributed by atoms with E-state index in [1.54, 1.807) is 0 Å². The summed E-state index contributed by atoms with van der Waals surface area (Å²) in [6.07, 6.45) is 3.45. The van der Waals surface area contributed by atoms with Crippen molar-refractivity contribution in [1.29, 1.82) is 0 Å². The zero-order valence-corrected chi connectivity index (χ0v) is 12.6. The van der Waals surface area contributed by atoms with Gasteiger partial charge in [-0.1, -0.05) is 12.1 Å². The molecular weight excluding hydrogens is 282 g/mol. The van der Waals surface area contributed by atoms with E-state index in [2.05, 4.69) is 15.5 Å². The summed E-state index contributed by atoms with van der Waals surface area (Å²) in [6.45, 7) is 3.57. The van der Waals surface area contributed by atoms with Crippen LogP contribution < -0.4 is 4.74 Å². The first-order chi connectivity index (χ1) is 10.8. The van der Waals surface area contributed by atoms with Crippen LogP contribution in [-0.4, -0.2) is 44.2 Å². The van der Waals surface area contributed by atoms with E-state index in [0.29, 0.717) is 6.61 Å². The molecule has 1 amide bonds. The van der Waals surface area contributed by atoms with Gasteiger partial charge < -0.3 is 9.64 Å². The Morgan fingerprint density at radius 1 is 1.36 bits per heavy atom. The van der Waals surface area contributed by atoms with Crippen molar-refractivity contribution in [3.63, 3.8) is 0 Å². The number of rotatable bonds is 5. The molecule has 7 nitrogen and oxygen atoms in total. The maximum absolute atomic E-state index is 12.5. The molecule has 1 aliphatic rings. The number of likely N-dealkylation sites (tertiary alicyclic amines) is 1. The predicted molar refractivity (Wildman–Crippen MR) is 79.1 cm³/mol. The van der Waals surface area contributed by atoms with Crippen molar-refractivity contribution in [3.8, 4) is 5.75 Å². The maximum Gasteiger partial charge on any atom is 0.244 e. The van der Waals surface area contributed by atoms with Crippen molar-refractivity contribution in [2.75, 3.05) is 13.2 Å². The second kappa shape index (κ2) is 6.55. The van der Waals surface area contributed by atoms with E-state index < -0.39 is 0 Å². The quantitative estimate of drug-likeness (QED) is 0.835. The molecule has 1 aromatic heterocycles. The van der Waals surface area contributed by atoms with Crippen molar-refractivity contribution in [1.82, 2.24) is 25.1 Å². The van der Waals surface area contributed by atoms with E-state index in [1.165, 1.54) is 11.0 Å². The first-order valence-corrected chi connectivity index (χ1v) is 7.51. The molecule has 2 aromatic rings. The topological polar surface area (TPSA) is 73.1 Å². The molecule has 116 valence electrons. The van der Waals surface area contributed by atoms with Crippen molar-refractivity contribution >= 4 is 5.91 Å². The van der Waals surface area contributed by atoms with Gasteiger partial charge in [-0.3, -0.25) is 4.79 Å². The minimum atomic E-state index is 0.0451. The molecule has 0 saturated carbocycles. The highest BCUT2D eigenvalue weighted by atomic mass is 16.5. The van der Waals surface area contributed by atoms with Gasteiger partial charge in [0.2, 0.25) is 5.91 Å². The number of amides is 1. The van der Waals surface area contributed by atoms with Crippen molar-refractivity contribution in [2.45, 2.75) is 32.4 Å². The van der Waals surface area contributed by atoms with Gasteiger partial charge >= 0.3 is 0 Å². The van der Waals surface area contributed by atoms with Crippen LogP contribution in [0.25, 0.3) is 0 Å². The molecule has 3 rings (SSSR count). The summed E-state index contributed by atoms with van der Waals surface area (Å²) in [5, 5.41) is 10.9. The Morgan fingerprint density at radius 3 is 2.86 bits per heavy atom. The molecule has 1 atom stereocenters. The lowest BCUT2D eigenvalue weighted by atomic mass is 10.0. The summed E-state index contributed by atoms with van der Waals surface area (Å²) >= 11 is 0. The molecule has 2 heterocycles. The highest BCUT2D eigenvalue weighted by Crippen LogP contribution is 2.32. The number of carbonyl (C=O) groups is 1. The Hall–Kier alpha value is -2.44. The van der Waals surface area contributed by atoms with Crippen LogP contribution in [0.15, 0.2) is 30.6 Å². The van der Waals surface area contributed by atoms with Crippen LogP contribution in [0.4, 0.5) is 0 Å². The number of carbonyl (C=O) groups excluding carboxylic acids is 1. The standard InChI is InChI=1S/C15H19N5O2/c1-2-22-13-7-5-12(6-8-13)14-4-3-9-20(14)15(21)10-19-11-16-17-18-19/h5-8,11,14H,2-4,9-10H2,1H3. The van der Waals surface area contributed by atoms with Crippen LogP contribution in [0, 0.1) is 0 Å². The maximum atomic E-state index is 12.5. The van der Waals surface area contributed by atoms with E-state index in [4.69, 9.17) is 4.74 Å². The molecule has 1 fully saturated rings. The van der Waals surface area contributed by atoms with E-state index in [9.17, 15) is 4.79 Å². The van der Waals surface area contributed by atoms with Gasteiger partial charge in [-0.15, -0.1) is 5.10 Å². The second-order valence-electron chi connectivity index (χ2n) is 5.25. The Balaban J connectivity index is 1.70. The average Bonchev–Trinajstić information content (AvgIpc) is 3.19. The molecule has 0 N–H and O–H groups in total. The minimum absolute atomic E-state index is 0.0451. The van der Waals surface area contributed by atoms with Gasteiger partial charge in [0, 0.05) is 6.54 Å². The number of aromatic nitrogens is 4. The number of tetrazole rings is 1. The molecule has 7 heteroatoms. The van der Waals surface area contributed by atoms with Gasteiger partial charge in [-0.25, -0.2) is 4.68 Å². The van der Waals surface area contributed by atoms with Gasteiger partial charge in [0.05, 0.1) is 12.6 Å². The smallest absolute Gasteiger partial charge is 0.244 e. The van der Waals surface area contributed by atoms with Crippen LogP contribution in [-0.2, 0) is 11.3 Å². The largest absolute Gasteiger partial charge is 0.494 e. The molecule has 0 aliphatic carbocycles. The van der Waals surface area contributed by atoms with Crippen LogP contribution >= 0.6 is 0 Å². The van der Waals surface area contributed by atoms with E-state index in [-0.39, 0.29) is 18.5 Å². The molecule has 1 aliphatic heterocycles. The Morgan fingerprint density at radius 2 is 2.18 bits per heavy atom. The van der Waals surface area contributed by atoms with Crippen LogP contribution in [0.2, 0.25) is 0 Å². The average molecular weight is 301 g/mol. The highest BCUT2D eigenvalue weighted by molar-refractivity contribution is 5.76. The fourth-order valence-electron chi connectivity index (χ4n) is 2.85. The molecule has 0 spiro atoms. The Labute approximate surface area is 128 Å². The second-order valence-corrected chi connectivity index (χ2v) is 5.25. The number of hydrogen-bond acceptors (Lipinski definition) is 5. The molecule has 1 aromatic carbocycles. The highest BCUT2D eigenvalue weighted by Gasteiger charge is 2.30. The molecule has 0 bridgehead atoms. The van der Waals surface area contributed by atoms with Gasteiger partial charge in [0.25, 0.3) is 0 Å². The third-order valence-electron chi connectivity index (χ3n) is 3.84. The van der Waals surface area contributed by atoms with Crippen molar-refractivity contribution in [3.05, 3.63) is 36.2 Å². The summed E-state index contributed by atoms with van der Waals surface area (Å²) in [4.78, 5) is 14.4. The summed E-state index contributed by atoms with van der Waals surface area (Å²) in [5.41, 5.74) is 1.14. The van der Waals surface area contributed by atoms with Crippen LogP contribution in [0.3, 0.4) is 0 Å². The Bertz CT molecular complexity index is 611. The van der Waals surface area contributed by atoms with Gasteiger partial charge in [-0.05, 0) is 47.9 Å². The third-order valence-corrected chi connectivity index (χ3v) is 3.84. The summed E-state index contributed by atoms with van der Waals surface area (Å²) in [7, 11) is 0. The van der Waals surface area contributed by atoms with Crippen LogP contribution in [0.1, 0.15) is 31.4 Å². The molecule has 0 radical (unpaired) electrons. The summed E-state index contributed by atoms with van der Waals surface area (Å²) in [5.74, 6) is 0.902. The number of nitrogens with zero attached hydrogens (tertiary/aromatic N) is 5. The molecular formula is C15H19N5O2. The van der Waals surface area contributed by atoms with Crippen LogP contribution in [0.5, 0.6) is 5.75 Å². The van der Waals surface area contributed by atoms with E-state index in [1.807, 2.05) is 36.1 Å². The van der Waals surface area contributed by atoms with Gasteiger partial charge in [0.15, 0.2) is 0 Å². The van der Waals surface area contributed by atoms with Crippen molar-refractivity contribution < 1.29 is 9.53 Å². The van der Waals surface area contributed by atoms with E-state index in [0.717, 1.165) is 30.7 Å². The summed E-state index contributed by atoms with van der Waals surface area (Å²) in [6, 6.07) is 8.12. The van der Waals surface area contributed by atoms with Gasteiger partial charge in [-0.2, -0.15) is 0 Å². The zero-order chi connectivity index (χ0) is 15.4. The normalized spacial score (nSPS) is 17.7. The lowest BCUT2D eigenvalue weighted by Crippen LogP contribution is -2.33. The predicted octanol–water partition coefficient (Wildman–Crippen LogP) is 1.44. The fourth-order valence-corrected chi connectivity index (χ4v) is 2.85. The summed E-state index contributed by atoms with van der Waals surface area (Å²) < 4.78 is 6.92. The van der Waals surface area contributed by atoms with Gasteiger partial charge in [0.1, 0.15) is 18.6 Å². The molecule has 1 saturated heterocycles. The third kappa shape index (κ3) is 3.08. The van der Waals surface area contributed by atoms with E-state index >= 15 is 0 Å². The lowest BCUT2D eigenvalue weighted by molar-refractivity contribution is -0.133. The zero-order valence-electron chi connectivity index (χ0n) is 12.6. The first-order valence-electron chi connectivity index (χ1n) is 7.51. The molecule has 22 heavy (non-hydrogen) atoms. The number of hydrogen-bond donors (Lipinski definition) is 0. The Kier molecular flexibility index (Phi) is 4.32. The SMILES string of the molecule is CCOc1ccc(C2CCCN2C(=O)Cn2cnnn2)cc1. The number of benzene rings is 1. The lowest BCUT2D eigenvalue weighted by Gasteiger charge is -2.25.